The Morgan fingerprint density at radius 2 is 2.17 bits per heavy atom. The first-order valence-electron chi connectivity index (χ1n) is 5.42. The van der Waals surface area contributed by atoms with Crippen molar-refractivity contribution in [2.45, 2.75) is 6.92 Å². The van der Waals surface area contributed by atoms with Gasteiger partial charge in [-0.1, -0.05) is 6.07 Å². The number of ketones is 1. The lowest BCUT2D eigenvalue weighted by atomic mass is 10.1. The summed E-state index contributed by atoms with van der Waals surface area (Å²) >= 11 is 3.28. The first-order chi connectivity index (χ1) is 8.65. The Kier molecular flexibility index (Phi) is 3.99. The molecule has 2 aromatic rings. The van der Waals surface area contributed by atoms with Crippen LogP contribution in [0.2, 0.25) is 0 Å². The number of hydrogen-bond donors (Lipinski definition) is 0. The number of nitrogens with zero attached hydrogens (tertiary/aromatic N) is 2. The second-order valence-corrected chi connectivity index (χ2v) is 4.71. The van der Waals surface area contributed by atoms with Crippen LogP contribution in [-0.4, -0.2) is 15.8 Å². The summed E-state index contributed by atoms with van der Waals surface area (Å²) in [6, 6.07) is 7.42. The fourth-order valence-electron chi connectivity index (χ4n) is 1.46. The minimum atomic E-state index is -0.0906. The van der Waals surface area contributed by atoms with E-state index in [0.29, 0.717) is 5.56 Å². The van der Waals surface area contributed by atoms with Gasteiger partial charge < -0.3 is 0 Å². The minimum Gasteiger partial charge on any atom is -0.289 e. The molecule has 0 radical (unpaired) electrons. The van der Waals surface area contributed by atoms with E-state index in [0.717, 1.165) is 15.9 Å². The topological polar surface area (TPSA) is 42.9 Å². The van der Waals surface area contributed by atoms with Gasteiger partial charge in [-0.15, -0.1) is 0 Å². The maximum absolute atomic E-state index is 11.9. The maximum atomic E-state index is 11.9. The lowest BCUT2D eigenvalue weighted by Gasteiger charge is -1.97. The highest BCUT2D eigenvalue weighted by molar-refractivity contribution is 9.10. The maximum Gasteiger partial charge on any atom is 0.187 e. The van der Waals surface area contributed by atoms with Crippen LogP contribution in [-0.2, 0) is 0 Å². The standard InChI is InChI=1S/C14H11BrN2O/c1-10-3-2-4-13(17-10)5-6-14(18)11-7-12(15)9-16-8-11/h2-9H,1H3. The van der Waals surface area contributed by atoms with Crippen LogP contribution in [0.25, 0.3) is 6.08 Å². The number of rotatable bonds is 3. The number of carbonyl (C=O) groups excluding carboxylic acids is 1. The summed E-state index contributed by atoms with van der Waals surface area (Å²) in [5.41, 5.74) is 2.24. The molecule has 0 aliphatic rings. The van der Waals surface area contributed by atoms with Crippen LogP contribution in [0.15, 0.2) is 47.2 Å². The zero-order valence-corrected chi connectivity index (χ0v) is 11.4. The number of aryl methyl sites for hydroxylation is 1. The zero-order valence-electron chi connectivity index (χ0n) is 9.80. The molecule has 0 saturated carbocycles. The quantitative estimate of drug-likeness (QED) is 0.644. The molecule has 4 heteroatoms. The van der Waals surface area contributed by atoms with Crippen LogP contribution < -0.4 is 0 Å². The molecule has 2 aromatic heterocycles. The molecule has 0 aromatic carbocycles. The molecule has 2 rings (SSSR count). The van der Waals surface area contributed by atoms with Crippen molar-refractivity contribution < 1.29 is 4.79 Å². The van der Waals surface area contributed by atoms with Crippen LogP contribution in [0.5, 0.6) is 0 Å². The van der Waals surface area contributed by atoms with Crippen molar-refractivity contribution in [1.82, 2.24) is 9.97 Å². The second-order valence-electron chi connectivity index (χ2n) is 3.79. The Bertz CT molecular complexity index is 608. The van der Waals surface area contributed by atoms with Gasteiger partial charge in [-0.3, -0.25) is 14.8 Å². The smallest absolute Gasteiger partial charge is 0.187 e. The van der Waals surface area contributed by atoms with Crippen molar-refractivity contribution in [3.05, 3.63) is 64.2 Å². The highest BCUT2D eigenvalue weighted by atomic mass is 79.9. The van der Waals surface area contributed by atoms with E-state index in [1.54, 1.807) is 24.5 Å². The Labute approximate surface area is 114 Å². The fourth-order valence-corrected chi connectivity index (χ4v) is 1.83. The number of aromatic nitrogens is 2. The molecule has 0 saturated heterocycles. The molecule has 18 heavy (non-hydrogen) atoms. The van der Waals surface area contributed by atoms with Gasteiger partial charge in [0.15, 0.2) is 5.78 Å². The van der Waals surface area contributed by atoms with Gasteiger partial charge in [0.2, 0.25) is 0 Å². The van der Waals surface area contributed by atoms with E-state index in [1.165, 1.54) is 6.08 Å². The third kappa shape index (κ3) is 3.34. The van der Waals surface area contributed by atoms with Gasteiger partial charge in [0.25, 0.3) is 0 Å². The molecule has 90 valence electrons. The summed E-state index contributed by atoms with van der Waals surface area (Å²) in [5, 5.41) is 0. The predicted octanol–water partition coefficient (Wildman–Crippen LogP) is 3.44. The SMILES string of the molecule is Cc1cccc(C=CC(=O)c2cncc(Br)c2)n1. The van der Waals surface area contributed by atoms with Crippen molar-refractivity contribution in [2.24, 2.45) is 0 Å². The summed E-state index contributed by atoms with van der Waals surface area (Å²) in [4.78, 5) is 20.1. The van der Waals surface area contributed by atoms with Crippen LogP contribution in [0, 0.1) is 6.92 Å². The van der Waals surface area contributed by atoms with E-state index in [1.807, 2.05) is 25.1 Å². The van der Waals surface area contributed by atoms with E-state index in [2.05, 4.69) is 25.9 Å². The third-order valence-electron chi connectivity index (χ3n) is 2.30. The van der Waals surface area contributed by atoms with Crippen molar-refractivity contribution in [1.29, 1.82) is 0 Å². The Morgan fingerprint density at radius 3 is 2.89 bits per heavy atom. The van der Waals surface area contributed by atoms with Gasteiger partial charge >= 0.3 is 0 Å². The van der Waals surface area contributed by atoms with E-state index < -0.39 is 0 Å². The van der Waals surface area contributed by atoms with Gasteiger partial charge in [0.1, 0.15) is 0 Å². The van der Waals surface area contributed by atoms with Crippen LogP contribution in [0.4, 0.5) is 0 Å². The lowest BCUT2D eigenvalue weighted by Crippen LogP contribution is -1.95. The summed E-state index contributed by atoms with van der Waals surface area (Å²) < 4.78 is 0.787. The van der Waals surface area contributed by atoms with Crippen molar-refractivity contribution in [3.63, 3.8) is 0 Å². The molecule has 0 aliphatic heterocycles. The van der Waals surface area contributed by atoms with Gasteiger partial charge in [-0.25, -0.2) is 0 Å². The van der Waals surface area contributed by atoms with Gasteiger partial charge in [-0.05, 0) is 53.2 Å². The number of pyridine rings is 2. The average molecular weight is 303 g/mol. The molecule has 0 spiro atoms. The highest BCUT2D eigenvalue weighted by Gasteiger charge is 2.02. The molecule has 0 amide bonds. The number of hydrogen-bond acceptors (Lipinski definition) is 3. The normalized spacial score (nSPS) is 10.8. The van der Waals surface area contributed by atoms with Crippen molar-refractivity contribution >= 4 is 27.8 Å². The van der Waals surface area contributed by atoms with Gasteiger partial charge in [0, 0.05) is 28.1 Å². The number of allylic oxidation sites excluding steroid dienone is 1. The Balaban J connectivity index is 2.17. The summed E-state index contributed by atoms with van der Waals surface area (Å²) in [7, 11) is 0. The third-order valence-corrected chi connectivity index (χ3v) is 2.74. The average Bonchev–Trinajstić information content (AvgIpc) is 2.36. The molecule has 0 N–H and O–H groups in total. The minimum absolute atomic E-state index is 0.0906. The van der Waals surface area contributed by atoms with Gasteiger partial charge in [0.05, 0.1) is 5.69 Å². The molecular formula is C14H11BrN2O. The van der Waals surface area contributed by atoms with Crippen LogP contribution in [0.1, 0.15) is 21.7 Å². The molecule has 0 unspecified atom stereocenters. The second kappa shape index (κ2) is 5.69. The largest absolute Gasteiger partial charge is 0.289 e. The molecule has 0 fully saturated rings. The number of carbonyl (C=O) groups is 1. The molecule has 0 bridgehead atoms. The highest BCUT2D eigenvalue weighted by Crippen LogP contribution is 2.11. The molecule has 0 aliphatic carbocycles. The first kappa shape index (κ1) is 12.6. The van der Waals surface area contributed by atoms with E-state index in [9.17, 15) is 4.79 Å². The molecule has 2 heterocycles. The Hall–Kier alpha value is -1.81. The van der Waals surface area contributed by atoms with E-state index in [-0.39, 0.29) is 5.78 Å². The summed E-state index contributed by atoms with van der Waals surface area (Å²) in [5.74, 6) is -0.0906. The molecule has 3 nitrogen and oxygen atoms in total. The van der Waals surface area contributed by atoms with Crippen LogP contribution >= 0.6 is 15.9 Å². The first-order valence-corrected chi connectivity index (χ1v) is 6.21. The van der Waals surface area contributed by atoms with Crippen molar-refractivity contribution in [3.8, 4) is 0 Å². The van der Waals surface area contributed by atoms with Crippen LogP contribution in [0.3, 0.4) is 0 Å². The zero-order chi connectivity index (χ0) is 13.0. The fraction of sp³-hybridized carbons (Fsp3) is 0.0714. The molecular weight excluding hydrogens is 292 g/mol. The molecule has 0 atom stereocenters. The van der Waals surface area contributed by atoms with E-state index >= 15 is 0 Å². The Morgan fingerprint density at radius 1 is 1.33 bits per heavy atom. The number of halogens is 1. The summed E-state index contributed by atoms with van der Waals surface area (Å²) in [6.45, 7) is 1.91. The summed E-state index contributed by atoms with van der Waals surface area (Å²) in [6.07, 6.45) is 6.39. The van der Waals surface area contributed by atoms with Crippen molar-refractivity contribution in [2.75, 3.05) is 0 Å². The lowest BCUT2D eigenvalue weighted by molar-refractivity contribution is 0.104. The monoisotopic (exact) mass is 302 g/mol. The predicted molar refractivity (Wildman–Crippen MR) is 74.3 cm³/mol. The van der Waals surface area contributed by atoms with E-state index in [4.69, 9.17) is 0 Å². The van der Waals surface area contributed by atoms with Gasteiger partial charge in [-0.2, -0.15) is 0 Å².